The molecule has 0 heterocycles. The van der Waals surface area contributed by atoms with Crippen LogP contribution in [0.3, 0.4) is 0 Å². The van der Waals surface area contributed by atoms with Crippen LogP contribution < -0.4 is 23.6 Å². The van der Waals surface area contributed by atoms with Gasteiger partial charge in [-0.25, -0.2) is 4.39 Å². The van der Waals surface area contributed by atoms with E-state index in [1.54, 1.807) is 0 Å². The van der Waals surface area contributed by atoms with E-state index in [1.165, 1.54) is 19.2 Å². The molecule has 0 amide bonds. The third-order valence-electron chi connectivity index (χ3n) is 1.06. The maximum absolute atomic E-state index is 12.6. The van der Waals surface area contributed by atoms with Gasteiger partial charge in [-0.2, -0.15) is 6.07 Å². The van der Waals surface area contributed by atoms with Gasteiger partial charge in [-0.15, -0.1) is 23.7 Å². The molecule has 0 saturated carbocycles. The molecule has 1 aromatic carbocycles. The van der Waals surface area contributed by atoms with Crippen molar-refractivity contribution in [3.8, 4) is 5.75 Å². The number of rotatable bonds is 1. The monoisotopic (exact) mass is 166 g/mol. The van der Waals surface area contributed by atoms with Gasteiger partial charge in [0.15, 0.2) is 0 Å². The van der Waals surface area contributed by atoms with E-state index in [0.717, 1.165) is 0 Å². The van der Waals surface area contributed by atoms with Gasteiger partial charge in [0, 0.05) is 0 Å². The Morgan fingerprint density at radius 1 is 1.64 bits per heavy atom. The zero-order chi connectivity index (χ0) is 7.56. The molecule has 0 atom stereocenters. The van der Waals surface area contributed by atoms with Gasteiger partial charge in [0.2, 0.25) is 0 Å². The second-order valence-corrected chi connectivity index (χ2v) is 2.08. The van der Waals surface area contributed by atoms with Gasteiger partial charge in [0.05, 0.1) is 18.7 Å². The molecular weight excluding hydrogens is 161 g/mol. The molecule has 0 aliphatic heterocycles. The summed E-state index contributed by atoms with van der Waals surface area (Å²) in [7, 11) is 1.36. The molecule has 0 saturated heterocycles. The van der Waals surface area contributed by atoms with Crippen molar-refractivity contribution in [3.05, 3.63) is 29.0 Å². The molecule has 0 aliphatic carbocycles. The minimum absolute atomic E-state index is 0. The molecule has 1 aromatic rings. The zero-order valence-electron chi connectivity index (χ0n) is 6.32. The Morgan fingerprint density at radius 2 is 2.27 bits per heavy atom. The first kappa shape index (κ1) is 10.8. The van der Waals surface area contributed by atoms with Crippen LogP contribution in [0.25, 0.3) is 0 Å². The summed E-state index contributed by atoms with van der Waals surface area (Å²) in [5.74, 6) is -0.515. The Labute approximate surface area is 81.7 Å². The Hall–Kier alpha value is -0.163. The normalized spacial score (nSPS) is 8.64. The molecule has 0 bridgehead atoms. The summed E-state index contributed by atoms with van der Waals surface area (Å²) in [5.41, 5.74) is 0. The summed E-state index contributed by atoms with van der Waals surface area (Å²) in [6.07, 6.45) is 0. The molecule has 1 rings (SSSR count). The maximum atomic E-state index is 12.6. The van der Waals surface area contributed by atoms with E-state index in [1.807, 2.05) is 0 Å². The molecule has 0 aliphatic rings. The number of benzene rings is 1. The van der Waals surface area contributed by atoms with Gasteiger partial charge < -0.3 is 4.74 Å². The van der Waals surface area contributed by atoms with E-state index < -0.39 is 5.82 Å². The van der Waals surface area contributed by atoms with E-state index in [-0.39, 0.29) is 29.6 Å². The van der Waals surface area contributed by atoms with Crippen molar-refractivity contribution in [2.75, 3.05) is 7.11 Å². The molecule has 1 nitrogen and oxygen atoms in total. The number of methoxy groups -OCH3 is 1. The fraction of sp³-hybridized carbons (Fsp3) is 0.143. The Kier molecular flexibility index (Phi) is 4.59. The van der Waals surface area contributed by atoms with Crippen molar-refractivity contribution >= 4 is 11.6 Å². The van der Waals surface area contributed by atoms with Gasteiger partial charge in [0.25, 0.3) is 0 Å². The maximum Gasteiger partial charge on any atom is 1.00 e. The number of hydrogen-bond acceptors (Lipinski definition) is 1. The van der Waals surface area contributed by atoms with Crippen molar-refractivity contribution in [2.45, 2.75) is 0 Å². The smallest absolute Gasteiger partial charge is 0.550 e. The molecule has 0 fully saturated rings. The van der Waals surface area contributed by atoms with Crippen LogP contribution in [0.1, 0.15) is 0 Å². The van der Waals surface area contributed by atoms with E-state index in [4.69, 9.17) is 11.6 Å². The summed E-state index contributed by atoms with van der Waals surface area (Å²) < 4.78 is 17.2. The first-order valence-corrected chi connectivity index (χ1v) is 3.03. The first-order valence-electron chi connectivity index (χ1n) is 2.65. The van der Waals surface area contributed by atoms with Crippen LogP contribution in [-0.4, -0.2) is 7.11 Å². The average Bonchev–Trinajstić information content (AvgIpc) is 1.88. The van der Waals surface area contributed by atoms with E-state index in [2.05, 4.69) is 10.8 Å². The molecule has 0 unspecified atom stereocenters. The largest absolute Gasteiger partial charge is 1.00 e. The molecular formula is C7H5ClFLiO. The van der Waals surface area contributed by atoms with Crippen LogP contribution in [0, 0.1) is 11.9 Å². The van der Waals surface area contributed by atoms with Crippen molar-refractivity contribution in [3.63, 3.8) is 0 Å². The summed E-state index contributed by atoms with van der Waals surface area (Å²) in [6, 6.07) is 5.24. The fourth-order valence-electron chi connectivity index (χ4n) is 0.621. The third-order valence-corrected chi connectivity index (χ3v) is 1.36. The van der Waals surface area contributed by atoms with Gasteiger partial charge in [-0.05, 0) is 5.02 Å². The van der Waals surface area contributed by atoms with Gasteiger partial charge in [-0.1, -0.05) is 0 Å². The molecule has 0 spiro atoms. The van der Waals surface area contributed by atoms with E-state index in [0.29, 0.717) is 0 Å². The predicted octanol–water partition coefficient (Wildman–Crippen LogP) is -0.708. The van der Waals surface area contributed by atoms with Crippen LogP contribution in [-0.2, 0) is 0 Å². The van der Waals surface area contributed by atoms with Crippen molar-refractivity contribution in [1.29, 1.82) is 0 Å². The van der Waals surface area contributed by atoms with E-state index in [9.17, 15) is 4.39 Å². The van der Waals surface area contributed by atoms with Gasteiger partial charge in [0.1, 0.15) is 0 Å². The standard InChI is InChI=1S/C7H5ClFO.Li/c1-10-7-5(8)3-2-4-6(7)9;/h2-3H,1H3;/q-1;+1. The summed E-state index contributed by atoms with van der Waals surface area (Å²) in [4.78, 5) is 0. The van der Waals surface area contributed by atoms with Crippen molar-refractivity contribution < 1.29 is 28.0 Å². The van der Waals surface area contributed by atoms with E-state index >= 15 is 0 Å². The van der Waals surface area contributed by atoms with Crippen LogP contribution in [0.15, 0.2) is 12.1 Å². The van der Waals surface area contributed by atoms with Crippen molar-refractivity contribution in [1.82, 2.24) is 0 Å². The van der Waals surface area contributed by atoms with Gasteiger partial charge in [-0.3, -0.25) is 0 Å². The molecule has 4 heteroatoms. The Balaban J connectivity index is 0.000001000. The van der Waals surface area contributed by atoms with Crippen LogP contribution in [0.2, 0.25) is 5.02 Å². The third kappa shape index (κ3) is 2.41. The number of hydrogen-bond donors (Lipinski definition) is 0. The second kappa shape index (κ2) is 4.66. The molecule has 54 valence electrons. The summed E-state index contributed by atoms with van der Waals surface area (Å²) in [5, 5.41) is 0.263. The Morgan fingerprint density at radius 3 is 2.64 bits per heavy atom. The Bertz CT molecular complexity index is 222. The molecule has 0 aromatic heterocycles. The van der Waals surface area contributed by atoms with Crippen LogP contribution in [0.5, 0.6) is 5.75 Å². The minimum Gasteiger partial charge on any atom is -0.550 e. The minimum atomic E-state index is -0.560. The van der Waals surface area contributed by atoms with Crippen molar-refractivity contribution in [2.24, 2.45) is 0 Å². The average molecular weight is 167 g/mol. The number of ether oxygens (including phenoxy) is 1. The second-order valence-electron chi connectivity index (χ2n) is 1.67. The van der Waals surface area contributed by atoms with Crippen LogP contribution in [0.4, 0.5) is 4.39 Å². The molecule has 0 N–H and O–H groups in total. The predicted molar refractivity (Wildman–Crippen MR) is 36.8 cm³/mol. The summed E-state index contributed by atoms with van der Waals surface area (Å²) >= 11 is 5.54. The SMILES string of the molecule is COc1c(F)[c-]ccc1Cl.[Li+]. The quantitative estimate of drug-likeness (QED) is 0.396. The molecule has 0 radical (unpaired) electrons. The van der Waals surface area contributed by atoms with Gasteiger partial charge >= 0.3 is 18.9 Å². The number of halogens is 2. The first-order chi connectivity index (χ1) is 4.75. The molecule has 11 heavy (non-hydrogen) atoms. The summed E-state index contributed by atoms with van der Waals surface area (Å²) in [6.45, 7) is 0. The fourth-order valence-corrected chi connectivity index (χ4v) is 0.844. The topological polar surface area (TPSA) is 9.23 Å². The zero-order valence-corrected chi connectivity index (χ0v) is 7.07. The van der Waals surface area contributed by atoms with Crippen LogP contribution >= 0.6 is 11.6 Å².